The van der Waals surface area contributed by atoms with Crippen LogP contribution in [0.4, 0.5) is 0 Å². The van der Waals surface area contributed by atoms with Gasteiger partial charge in [0.05, 0.1) is 5.75 Å². The third kappa shape index (κ3) is 3.65. The molecule has 0 amide bonds. The number of piperidine rings is 1. The summed E-state index contributed by atoms with van der Waals surface area (Å²) in [5.74, 6) is -0.161. The van der Waals surface area contributed by atoms with E-state index in [0.717, 1.165) is 25.9 Å². The Morgan fingerprint density at radius 1 is 1.25 bits per heavy atom. The Morgan fingerprint density at radius 2 is 1.80 bits per heavy atom. The Morgan fingerprint density at radius 3 is 2.35 bits per heavy atom. The van der Waals surface area contributed by atoms with Gasteiger partial charge in [0.25, 0.3) is 0 Å². The third-order valence-corrected chi connectivity index (χ3v) is 6.19. The van der Waals surface area contributed by atoms with E-state index in [1.165, 1.54) is 4.31 Å². The van der Waals surface area contributed by atoms with Gasteiger partial charge in [0.15, 0.2) is 0 Å². The van der Waals surface area contributed by atoms with Gasteiger partial charge in [0, 0.05) is 28.7 Å². The SMILES string of the molecule is CN(C1CCNCC1)S(=O)(=O)Cc1c(Cl)cccc1Cl. The lowest BCUT2D eigenvalue weighted by atomic mass is 10.1. The molecule has 1 aliphatic rings. The summed E-state index contributed by atoms with van der Waals surface area (Å²) >= 11 is 12.1. The summed E-state index contributed by atoms with van der Waals surface area (Å²) in [6.07, 6.45) is 1.65. The molecular formula is C13H18Cl2N2O2S. The standard InChI is InChI=1S/C13H18Cl2N2O2S/c1-17(10-5-7-16-8-6-10)20(18,19)9-11-12(14)3-2-4-13(11)15/h2-4,10,16H,5-9H2,1H3. The second-order valence-corrected chi connectivity index (χ2v) is 7.80. The molecule has 20 heavy (non-hydrogen) atoms. The zero-order valence-electron chi connectivity index (χ0n) is 11.3. The third-order valence-electron chi connectivity index (χ3n) is 3.65. The lowest BCUT2D eigenvalue weighted by Gasteiger charge is -2.31. The van der Waals surface area contributed by atoms with Crippen LogP contribution in [-0.4, -0.2) is 38.9 Å². The summed E-state index contributed by atoms with van der Waals surface area (Å²) in [7, 11) is -1.79. The minimum absolute atomic E-state index is 0.0440. The molecule has 2 rings (SSSR count). The summed E-state index contributed by atoms with van der Waals surface area (Å²) in [5.41, 5.74) is 0.469. The second kappa shape index (κ2) is 6.62. The van der Waals surface area contributed by atoms with E-state index in [-0.39, 0.29) is 11.8 Å². The predicted octanol–water partition coefficient (Wildman–Crippen LogP) is 2.51. The van der Waals surface area contributed by atoms with Crippen molar-refractivity contribution in [3.8, 4) is 0 Å². The van der Waals surface area contributed by atoms with Crippen molar-refractivity contribution in [2.75, 3.05) is 20.1 Å². The number of nitrogens with zero attached hydrogens (tertiary/aromatic N) is 1. The van der Waals surface area contributed by atoms with Gasteiger partial charge in [-0.3, -0.25) is 0 Å². The lowest BCUT2D eigenvalue weighted by Crippen LogP contribution is -2.44. The molecule has 1 aromatic carbocycles. The first kappa shape index (κ1) is 16.0. The van der Waals surface area contributed by atoms with Gasteiger partial charge in [0.1, 0.15) is 0 Å². The maximum Gasteiger partial charge on any atom is 0.218 e. The van der Waals surface area contributed by atoms with Crippen molar-refractivity contribution in [1.29, 1.82) is 0 Å². The molecule has 1 N–H and O–H groups in total. The quantitative estimate of drug-likeness (QED) is 0.918. The molecule has 1 fully saturated rings. The van der Waals surface area contributed by atoms with Crippen LogP contribution in [0, 0.1) is 0 Å². The molecule has 4 nitrogen and oxygen atoms in total. The predicted molar refractivity (Wildman–Crippen MR) is 82.7 cm³/mol. The van der Waals surface area contributed by atoms with Gasteiger partial charge < -0.3 is 5.32 Å². The molecule has 0 unspecified atom stereocenters. The van der Waals surface area contributed by atoms with Crippen LogP contribution in [0.2, 0.25) is 10.0 Å². The van der Waals surface area contributed by atoms with Gasteiger partial charge in [-0.1, -0.05) is 29.3 Å². The van der Waals surface area contributed by atoms with Crippen molar-refractivity contribution in [1.82, 2.24) is 9.62 Å². The largest absolute Gasteiger partial charge is 0.317 e. The van der Waals surface area contributed by atoms with E-state index >= 15 is 0 Å². The zero-order chi connectivity index (χ0) is 14.8. The number of halogens is 2. The first-order chi connectivity index (χ1) is 9.42. The van der Waals surface area contributed by atoms with Crippen LogP contribution in [0.1, 0.15) is 18.4 Å². The highest BCUT2D eigenvalue weighted by atomic mass is 35.5. The normalized spacial score (nSPS) is 17.6. The van der Waals surface area contributed by atoms with Crippen LogP contribution < -0.4 is 5.32 Å². The molecule has 1 aliphatic heterocycles. The number of nitrogens with one attached hydrogen (secondary N) is 1. The first-order valence-electron chi connectivity index (χ1n) is 6.51. The van der Waals surface area contributed by atoms with Crippen molar-refractivity contribution >= 4 is 33.2 Å². The summed E-state index contributed by atoms with van der Waals surface area (Å²) in [4.78, 5) is 0. The van der Waals surface area contributed by atoms with Crippen LogP contribution in [-0.2, 0) is 15.8 Å². The minimum atomic E-state index is -3.42. The van der Waals surface area contributed by atoms with E-state index in [9.17, 15) is 8.42 Å². The van der Waals surface area contributed by atoms with Crippen molar-refractivity contribution in [3.63, 3.8) is 0 Å². The highest BCUT2D eigenvalue weighted by molar-refractivity contribution is 7.88. The number of rotatable bonds is 4. The van der Waals surface area contributed by atoms with Gasteiger partial charge in [-0.2, -0.15) is 0 Å². The van der Waals surface area contributed by atoms with Crippen LogP contribution in [0.5, 0.6) is 0 Å². The van der Waals surface area contributed by atoms with Crippen LogP contribution >= 0.6 is 23.2 Å². The first-order valence-corrected chi connectivity index (χ1v) is 8.87. The van der Waals surface area contributed by atoms with Crippen molar-refractivity contribution in [2.45, 2.75) is 24.6 Å². The van der Waals surface area contributed by atoms with E-state index < -0.39 is 10.0 Å². The second-order valence-electron chi connectivity index (χ2n) is 4.95. The van der Waals surface area contributed by atoms with Crippen LogP contribution in [0.25, 0.3) is 0 Å². The fourth-order valence-electron chi connectivity index (χ4n) is 2.35. The molecular weight excluding hydrogens is 319 g/mol. The van der Waals surface area contributed by atoms with Crippen LogP contribution in [0.15, 0.2) is 18.2 Å². The Labute approximate surface area is 130 Å². The molecule has 112 valence electrons. The topological polar surface area (TPSA) is 49.4 Å². The zero-order valence-corrected chi connectivity index (χ0v) is 13.6. The molecule has 0 aliphatic carbocycles. The Balaban J connectivity index is 2.18. The molecule has 0 aromatic heterocycles. The van der Waals surface area contributed by atoms with Gasteiger partial charge in [-0.05, 0) is 38.1 Å². The Kier molecular flexibility index (Phi) is 5.31. The Hall–Kier alpha value is -0.330. The minimum Gasteiger partial charge on any atom is -0.317 e. The molecule has 1 aromatic rings. The van der Waals surface area contributed by atoms with E-state index in [0.29, 0.717) is 15.6 Å². The Bertz CT molecular complexity index is 551. The molecule has 0 spiro atoms. The number of benzene rings is 1. The summed E-state index contributed by atoms with van der Waals surface area (Å²) in [6.45, 7) is 1.69. The number of hydrogen-bond donors (Lipinski definition) is 1. The van der Waals surface area contributed by atoms with Crippen molar-refractivity contribution < 1.29 is 8.42 Å². The summed E-state index contributed by atoms with van der Waals surface area (Å²) in [6, 6.07) is 5.06. The lowest BCUT2D eigenvalue weighted by molar-refractivity contribution is 0.296. The monoisotopic (exact) mass is 336 g/mol. The average Bonchev–Trinajstić information content (AvgIpc) is 2.43. The summed E-state index contributed by atoms with van der Waals surface area (Å²) < 4.78 is 26.4. The highest BCUT2D eigenvalue weighted by Crippen LogP contribution is 2.28. The molecule has 0 bridgehead atoms. The maximum atomic E-state index is 12.5. The number of hydrogen-bond acceptors (Lipinski definition) is 3. The molecule has 0 radical (unpaired) electrons. The van der Waals surface area contributed by atoms with Crippen LogP contribution in [0.3, 0.4) is 0 Å². The van der Waals surface area contributed by atoms with E-state index in [1.807, 2.05) is 0 Å². The highest BCUT2D eigenvalue weighted by Gasteiger charge is 2.28. The van der Waals surface area contributed by atoms with Gasteiger partial charge in [-0.25, -0.2) is 12.7 Å². The smallest absolute Gasteiger partial charge is 0.218 e. The van der Waals surface area contributed by atoms with Gasteiger partial charge >= 0.3 is 0 Å². The molecule has 7 heteroatoms. The molecule has 1 heterocycles. The molecule has 1 saturated heterocycles. The fourth-order valence-corrected chi connectivity index (χ4v) is 4.59. The van der Waals surface area contributed by atoms with Gasteiger partial charge in [-0.15, -0.1) is 0 Å². The maximum absolute atomic E-state index is 12.5. The molecule has 0 atom stereocenters. The summed E-state index contributed by atoms with van der Waals surface area (Å²) in [5, 5.41) is 4.00. The number of sulfonamides is 1. The van der Waals surface area contributed by atoms with Gasteiger partial charge in [0.2, 0.25) is 10.0 Å². The van der Waals surface area contributed by atoms with Crippen molar-refractivity contribution in [3.05, 3.63) is 33.8 Å². The van der Waals surface area contributed by atoms with E-state index in [4.69, 9.17) is 23.2 Å². The average molecular weight is 337 g/mol. The van der Waals surface area contributed by atoms with E-state index in [2.05, 4.69) is 5.32 Å². The fraction of sp³-hybridized carbons (Fsp3) is 0.538. The van der Waals surface area contributed by atoms with E-state index in [1.54, 1.807) is 25.2 Å². The van der Waals surface area contributed by atoms with Crippen molar-refractivity contribution in [2.24, 2.45) is 0 Å². The molecule has 0 saturated carbocycles.